The molecule has 3 nitrogen and oxygen atoms in total. The number of halogens is 1. The maximum absolute atomic E-state index is 6.15. The van der Waals surface area contributed by atoms with Crippen LogP contribution in [0.5, 0.6) is 0 Å². The van der Waals surface area contributed by atoms with E-state index in [0.717, 1.165) is 21.7 Å². The minimum atomic E-state index is 0.0576. The predicted molar refractivity (Wildman–Crippen MR) is 96.3 cm³/mol. The zero-order chi connectivity index (χ0) is 15.7. The fourth-order valence-corrected chi connectivity index (χ4v) is 4.32. The number of nitrogens with zero attached hydrogens (tertiary/aromatic N) is 2. The third-order valence-corrected chi connectivity index (χ3v) is 5.30. The molecule has 3 heterocycles. The molecule has 2 aromatic heterocycles. The van der Waals surface area contributed by atoms with E-state index in [9.17, 15) is 0 Å². The zero-order valence-corrected chi connectivity index (χ0v) is 14.9. The number of thiocarbonyl (C=S) groups is 1. The van der Waals surface area contributed by atoms with Crippen molar-refractivity contribution in [1.29, 1.82) is 0 Å². The van der Waals surface area contributed by atoms with Crippen LogP contribution in [0.3, 0.4) is 0 Å². The molecule has 6 heteroatoms. The van der Waals surface area contributed by atoms with Gasteiger partial charge in [-0.05, 0) is 42.4 Å². The highest BCUT2D eigenvalue weighted by molar-refractivity contribution is 7.80. The average Bonchev–Trinajstić information content (AvgIpc) is 3.04. The van der Waals surface area contributed by atoms with Gasteiger partial charge in [0.1, 0.15) is 0 Å². The number of pyridine rings is 1. The molecule has 1 aliphatic heterocycles. The van der Waals surface area contributed by atoms with E-state index in [2.05, 4.69) is 35.1 Å². The van der Waals surface area contributed by atoms with E-state index in [4.69, 9.17) is 23.8 Å². The topological polar surface area (TPSA) is 28.2 Å². The van der Waals surface area contributed by atoms with Gasteiger partial charge in [-0.1, -0.05) is 31.5 Å². The van der Waals surface area contributed by atoms with Crippen molar-refractivity contribution in [2.45, 2.75) is 25.9 Å². The van der Waals surface area contributed by atoms with Gasteiger partial charge in [0, 0.05) is 17.6 Å². The molecule has 0 unspecified atom stereocenters. The van der Waals surface area contributed by atoms with E-state index in [-0.39, 0.29) is 12.1 Å². The molecule has 1 N–H and O–H groups in total. The van der Waals surface area contributed by atoms with Crippen LogP contribution in [-0.2, 0) is 0 Å². The molecular formula is C16H18ClN3S2. The van der Waals surface area contributed by atoms with Crippen LogP contribution in [-0.4, -0.2) is 21.5 Å². The van der Waals surface area contributed by atoms with Crippen LogP contribution in [0, 0.1) is 5.92 Å². The highest BCUT2D eigenvalue weighted by Gasteiger charge is 2.40. The minimum absolute atomic E-state index is 0.0576. The number of rotatable bonds is 4. The van der Waals surface area contributed by atoms with E-state index in [1.54, 1.807) is 11.3 Å². The summed E-state index contributed by atoms with van der Waals surface area (Å²) in [6.07, 6.45) is 1.82. The lowest BCUT2D eigenvalue weighted by Gasteiger charge is -2.28. The highest BCUT2D eigenvalue weighted by Crippen LogP contribution is 2.42. The highest BCUT2D eigenvalue weighted by atomic mass is 35.5. The Bertz CT molecular complexity index is 656. The Hall–Kier alpha value is -1.17. The maximum atomic E-state index is 6.15. The number of hydrogen-bond donors (Lipinski definition) is 1. The summed E-state index contributed by atoms with van der Waals surface area (Å²) in [5, 5.41) is 4.23. The maximum Gasteiger partial charge on any atom is 0.170 e. The van der Waals surface area contributed by atoms with Gasteiger partial charge in [0.05, 0.1) is 22.1 Å². The van der Waals surface area contributed by atoms with Gasteiger partial charge < -0.3 is 10.2 Å². The summed E-state index contributed by atoms with van der Waals surface area (Å²) in [5.41, 5.74) is 1.01. The summed E-state index contributed by atoms with van der Waals surface area (Å²) in [5.74, 6) is 0.528. The SMILES string of the molecule is CC(C)CN1C(=S)N[C@H](c2ccccn2)[C@@H]1c1ccc(Cl)s1. The second kappa shape index (κ2) is 6.52. The molecule has 3 rings (SSSR count). The lowest BCUT2D eigenvalue weighted by molar-refractivity contribution is 0.291. The Morgan fingerprint density at radius 3 is 2.77 bits per heavy atom. The molecule has 2 aromatic rings. The Morgan fingerprint density at radius 1 is 1.36 bits per heavy atom. The van der Waals surface area contributed by atoms with Gasteiger partial charge in [-0.3, -0.25) is 4.98 Å². The van der Waals surface area contributed by atoms with Gasteiger partial charge in [0.25, 0.3) is 0 Å². The Kier molecular flexibility index (Phi) is 4.66. The summed E-state index contributed by atoms with van der Waals surface area (Å²) in [6, 6.07) is 10.2. The third-order valence-electron chi connectivity index (χ3n) is 3.65. The van der Waals surface area contributed by atoms with E-state index in [1.165, 1.54) is 4.88 Å². The number of hydrogen-bond acceptors (Lipinski definition) is 3. The minimum Gasteiger partial charge on any atom is -0.352 e. The number of aromatic nitrogens is 1. The summed E-state index contributed by atoms with van der Waals surface area (Å²) in [7, 11) is 0. The Balaban J connectivity index is 2.00. The zero-order valence-electron chi connectivity index (χ0n) is 12.5. The van der Waals surface area contributed by atoms with Crippen molar-refractivity contribution in [3.63, 3.8) is 0 Å². The second-order valence-electron chi connectivity index (χ2n) is 5.81. The molecule has 0 spiro atoms. The fourth-order valence-electron chi connectivity index (χ4n) is 2.79. The predicted octanol–water partition coefficient (Wildman–Crippen LogP) is 4.43. The molecule has 116 valence electrons. The molecule has 22 heavy (non-hydrogen) atoms. The van der Waals surface area contributed by atoms with E-state index in [0.29, 0.717) is 5.92 Å². The van der Waals surface area contributed by atoms with Gasteiger partial charge in [-0.2, -0.15) is 0 Å². The second-order valence-corrected chi connectivity index (χ2v) is 7.95. The fraction of sp³-hybridized carbons (Fsp3) is 0.375. The van der Waals surface area contributed by atoms with E-state index >= 15 is 0 Å². The van der Waals surface area contributed by atoms with Crippen LogP contribution in [0.25, 0.3) is 0 Å². The summed E-state index contributed by atoms with van der Waals surface area (Å²) in [4.78, 5) is 8.00. The first kappa shape index (κ1) is 15.7. The average molecular weight is 352 g/mol. The summed E-state index contributed by atoms with van der Waals surface area (Å²) >= 11 is 13.3. The number of thiophene rings is 1. The van der Waals surface area contributed by atoms with Crippen molar-refractivity contribution in [3.05, 3.63) is 51.4 Å². The molecule has 0 radical (unpaired) electrons. The normalized spacial score (nSPS) is 21.5. The van der Waals surface area contributed by atoms with Crippen LogP contribution >= 0.6 is 35.2 Å². The molecule has 0 aliphatic carbocycles. The third kappa shape index (κ3) is 3.12. The van der Waals surface area contributed by atoms with Crippen molar-refractivity contribution < 1.29 is 0 Å². The summed E-state index contributed by atoms with van der Waals surface area (Å²) in [6.45, 7) is 5.32. The summed E-state index contributed by atoms with van der Waals surface area (Å²) < 4.78 is 0.803. The van der Waals surface area contributed by atoms with Crippen LogP contribution in [0.4, 0.5) is 0 Å². The molecule has 2 atom stereocenters. The molecule has 0 bridgehead atoms. The Morgan fingerprint density at radius 2 is 2.18 bits per heavy atom. The molecule has 1 saturated heterocycles. The lowest BCUT2D eigenvalue weighted by atomic mass is 10.0. The van der Waals surface area contributed by atoms with Crippen LogP contribution in [0.15, 0.2) is 36.5 Å². The monoisotopic (exact) mass is 351 g/mol. The largest absolute Gasteiger partial charge is 0.352 e. The van der Waals surface area contributed by atoms with Crippen molar-refractivity contribution in [3.8, 4) is 0 Å². The van der Waals surface area contributed by atoms with Crippen molar-refractivity contribution in [2.24, 2.45) is 5.92 Å². The molecule has 1 aliphatic rings. The van der Waals surface area contributed by atoms with E-state index in [1.807, 2.05) is 30.5 Å². The molecule has 0 aromatic carbocycles. The first-order valence-corrected chi connectivity index (χ1v) is 8.90. The van der Waals surface area contributed by atoms with Gasteiger partial charge in [0.2, 0.25) is 0 Å². The van der Waals surface area contributed by atoms with Crippen molar-refractivity contribution >= 4 is 40.3 Å². The van der Waals surface area contributed by atoms with Gasteiger partial charge in [-0.25, -0.2) is 0 Å². The standard InChI is InChI=1S/C16H18ClN3S2/c1-10(2)9-20-15(12-6-7-13(17)22-12)14(19-16(20)21)11-5-3-4-8-18-11/h3-8,10,14-15H,9H2,1-2H3,(H,19,21)/t14-,15+/m1/s1. The van der Waals surface area contributed by atoms with Crippen LogP contribution < -0.4 is 5.32 Å². The first-order valence-electron chi connectivity index (χ1n) is 7.29. The molecule has 0 amide bonds. The quantitative estimate of drug-likeness (QED) is 0.825. The smallest absolute Gasteiger partial charge is 0.170 e. The molecule has 1 fully saturated rings. The van der Waals surface area contributed by atoms with Gasteiger partial charge >= 0.3 is 0 Å². The van der Waals surface area contributed by atoms with Crippen molar-refractivity contribution in [2.75, 3.05) is 6.54 Å². The van der Waals surface area contributed by atoms with E-state index < -0.39 is 0 Å². The van der Waals surface area contributed by atoms with Crippen molar-refractivity contribution in [1.82, 2.24) is 15.2 Å². The van der Waals surface area contributed by atoms with Gasteiger partial charge in [0.15, 0.2) is 5.11 Å². The molecule has 0 saturated carbocycles. The Labute approximate surface area is 145 Å². The van der Waals surface area contributed by atoms with Gasteiger partial charge in [-0.15, -0.1) is 11.3 Å². The van der Waals surface area contributed by atoms with Crippen LogP contribution in [0.2, 0.25) is 4.34 Å². The number of nitrogens with one attached hydrogen (secondary N) is 1. The van der Waals surface area contributed by atoms with Crippen LogP contribution in [0.1, 0.15) is 36.5 Å². The molecular weight excluding hydrogens is 334 g/mol. The lowest BCUT2D eigenvalue weighted by Crippen LogP contribution is -2.32. The first-order chi connectivity index (χ1) is 10.6.